The minimum absolute atomic E-state index is 0.112. The summed E-state index contributed by atoms with van der Waals surface area (Å²) in [6.45, 7) is 5.83. The molecule has 0 bridgehead atoms. The molecule has 134 valence electrons. The summed E-state index contributed by atoms with van der Waals surface area (Å²) in [6, 6.07) is 8.63. The van der Waals surface area contributed by atoms with Crippen LogP contribution >= 0.6 is 0 Å². The number of carbonyl (C=O) groups excluding carboxylic acids is 2. The number of rotatable bonds is 3. The fourth-order valence-electron chi connectivity index (χ4n) is 3.77. The van der Waals surface area contributed by atoms with E-state index in [2.05, 4.69) is 6.58 Å². The molecule has 0 spiro atoms. The van der Waals surface area contributed by atoms with E-state index in [-0.39, 0.29) is 12.5 Å². The molecule has 1 aliphatic carbocycles. The third-order valence-electron chi connectivity index (χ3n) is 5.17. The predicted molar refractivity (Wildman–Crippen MR) is 88.8 cm³/mol. The van der Waals surface area contributed by atoms with Crippen LogP contribution in [0.3, 0.4) is 0 Å². The van der Waals surface area contributed by atoms with Crippen molar-refractivity contribution in [3.63, 3.8) is 0 Å². The molecule has 1 aromatic rings. The zero-order chi connectivity index (χ0) is 18.2. The summed E-state index contributed by atoms with van der Waals surface area (Å²) in [5, 5.41) is 11.2. The van der Waals surface area contributed by atoms with E-state index in [4.69, 9.17) is 14.2 Å². The van der Waals surface area contributed by atoms with Crippen LogP contribution in [0.25, 0.3) is 0 Å². The van der Waals surface area contributed by atoms with Gasteiger partial charge in [0.25, 0.3) is 0 Å². The van der Waals surface area contributed by atoms with Crippen molar-refractivity contribution in [2.75, 3.05) is 13.7 Å². The highest BCUT2D eigenvalue weighted by Gasteiger charge is 2.62. The number of benzene rings is 1. The Morgan fingerprint density at radius 1 is 1.32 bits per heavy atom. The number of ether oxygens (including phenoxy) is 3. The van der Waals surface area contributed by atoms with E-state index in [0.717, 1.165) is 0 Å². The molecule has 1 N–H and O–H groups in total. The van der Waals surface area contributed by atoms with E-state index in [0.29, 0.717) is 17.6 Å². The highest BCUT2D eigenvalue weighted by molar-refractivity contribution is 5.89. The topological polar surface area (TPSA) is 82.1 Å². The lowest BCUT2D eigenvalue weighted by Crippen LogP contribution is -2.61. The van der Waals surface area contributed by atoms with E-state index >= 15 is 0 Å². The molecule has 25 heavy (non-hydrogen) atoms. The number of aliphatic hydroxyl groups is 1. The highest BCUT2D eigenvalue weighted by Crippen LogP contribution is 2.48. The first-order valence-electron chi connectivity index (χ1n) is 8.25. The number of methoxy groups -OCH3 is 1. The largest absolute Gasteiger partial charge is 0.469 e. The minimum atomic E-state index is -1.60. The molecule has 6 heteroatoms. The van der Waals surface area contributed by atoms with Crippen LogP contribution in [0, 0.1) is 11.8 Å². The van der Waals surface area contributed by atoms with Crippen LogP contribution < -0.4 is 0 Å². The Kier molecular flexibility index (Phi) is 4.67. The smallest absolute Gasteiger partial charge is 0.338 e. The van der Waals surface area contributed by atoms with Gasteiger partial charge in [-0.25, -0.2) is 4.79 Å². The van der Waals surface area contributed by atoms with Crippen LogP contribution in [0.15, 0.2) is 42.5 Å². The molecule has 0 amide bonds. The summed E-state index contributed by atoms with van der Waals surface area (Å²) in [7, 11) is 1.28. The lowest BCUT2D eigenvalue weighted by atomic mass is 9.66. The van der Waals surface area contributed by atoms with Gasteiger partial charge in [0.15, 0.2) is 0 Å². The van der Waals surface area contributed by atoms with E-state index in [1.165, 1.54) is 7.11 Å². The summed E-state index contributed by atoms with van der Waals surface area (Å²) < 4.78 is 16.2. The fourth-order valence-corrected chi connectivity index (χ4v) is 3.77. The SMILES string of the molecule is C=C1CO[C@@H]2[C@H](OC(=O)c3ccccc3)[C@H](C)C[C@H](C(=O)OC)[C@]12O. The Morgan fingerprint density at radius 2 is 2.00 bits per heavy atom. The van der Waals surface area contributed by atoms with E-state index in [9.17, 15) is 14.7 Å². The summed E-state index contributed by atoms with van der Waals surface area (Å²) >= 11 is 0. The second-order valence-electron chi connectivity index (χ2n) is 6.69. The van der Waals surface area contributed by atoms with Gasteiger partial charge in [-0.05, 0) is 30.0 Å². The molecule has 1 saturated heterocycles. The molecule has 1 aromatic carbocycles. The molecule has 0 unspecified atom stereocenters. The average Bonchev–Trinajstić information content (AvgIpc) is 2.93. The molecule has 1 aliphatic heterocycles. The Hall–Kier alpha value is -2.18. The molecule has 3 rings (SSSR count). The van der Waals surface area contributed by atoms with Gasteiger partial charge in [0, 0.05) is 0 Å². The number of fused-ring (bicyclic) bond motifs is 1. The van der Waals surface area contributed by atoms with Gasteiger partial charge in [0.1, 0.15) is 17.8 Å². The standard InChI is InChI=1S/C19H22O6/c1-11-9-14(18(21)23-3)19(22)12(2)10-24-16(19)15(11)25-17(20)13-7-5-4-6-8-13/h4-8,11,14-16,22H,2,9-10H2,1,3H3/t11-,14-,15-,16-,19-/m1/s1. The van der Waals surface area contributed by atoms with Crippen molar-refractivity contribution in [3.05, 3.63) is 48.0 Å². The maximum absolute atomic E-state index is 12.4. The van der Waals surface area contributed by atoms with Crippen molar-refractivity contribution < 1.29 is 28.9 Å². The second-order valence-corrected chi connectivity index (χ2v) is 6.69. The zero-order valence-corrected chi connectivity index (χ0v) is 14.3. The quantitative estimate of drug-likeness (QED) is 0.663. The molecule has 0 aromatic heterocycles. The zero-order valence-electron chi connectivity index (χ0n) is 14.3. The van der Waals surface area contributed by atoms with Crippen molar-refractivity contribution in [2.45, 2.75) is 31.2 Å². The van der Waals surface area contributed by atoms with Gasteiger partial charge in [0.2, 0.25) is 0 Å². The maximum atomic E-state index is 12.4. The van der Waals surface area contributed by atoms with Crippen molar-refractivity contribution in [1.29, 1.82) is 0 Å². The van der Waals surface area contributed by atoms with Gasteiger partial charge < -0.3 is 19.3 Å². The van der Waals surface area contributed by atoms with E-state index in [1.54, 1.807) is 24.3 Å². The van der Waals surface area contributed by atoms with Crippen molar-refractivity contribution in [3.8, 4) is 0 Å². The molecular formula is C19H22O6. The van der Waals surface area contributed by atoms with Gasteiger partial charge in [-0.3, -0.25) is 4.79 Å². The Balaban J connectivity index is 1.88. The number of hydrogen-bond acceptors (Lipinski definition) is 6. The Labute approximate surface area is 146 Å². The normalized spacial score (nSPS) is 34.3. The highest BCUT2D eigenvalue weighted by atomic mass is 16.6. The summed E-state index contributed by atoms with van der Waals surface area (Å²) in [5.74, 6) is -1.98. The summed E-state index contributed by atoms with van der Waals surface area (Å²) in [6.07, 6.45) is -1.22. The molecule has 1 saturated carbocycles. The van der Waals surface area contributed by atoms with E-state index < -0.39 is 35.7 Å². The maximum Gasteiger partial charge on any atom is 0.338 e. The van der Waals surface area contributed by atoms with E-state index in [1.807, 2.05) is 13.0 Å². The van der Waals surface area contributed by atoms with Crippen LogP contribution in [-0.2, 0) is 19.0 Å². The molecule has 0 radical (unpaired) electrons. The van der Waals surface area contributed by atoms with Gasteiger partial charge in [-0.1, -0.05) is 31.7 Å². The average molecular weight is 346 g/mol. The van der Waals surface area contributed by atoms with Crippen molar-refractivity contribution >= 4 is 11.9 Å². The van der Waals surface area contributed by atoms with Crippen molar-refractivity contribution in [2.24, 2.45) is 11.8 Å². The Bertz CT molecular complexity index is 684. The summed E-state index contributed by atoms with van der Waals surface area (Å²) in [4.78, 5) is 24.6. The molecular weight excluding hydrogens is 324 g/mol. The molecule has 5 atom stereocenters. The van der Waals surface area contributed by atoms with Crippen LogP contribution in [-0.4, -0.2) is 48.6 Å². The van der Waals surface area contributed by atoms with Gasteiger partial charge >= 0.3 is 11.9 Å². The molecule has 2 aliphatic rings. The first-order valence-corrected chi connectivity index (χ1v) is 8.25. The van der Waals surface area contributed by atoms with Gasteiger partial charge in [0.05, 0.1) is 25.2 Å². The predicted octanol–water partition coefficient (Wildman–Crippen LogP) is 1.73. The van der Waals surface area contributed by atoms with Crippen LogP contribution in [0.1, 0.15) is 23.7 Å². The first-order chi connectivity index (χ1) is 11.9. The van der Waals surface area contributed by atoms with Gasteiger partial charge in [-0.2, -0.15) is 0 Å². The Morgan fingerprint density at radius 3 is 2.64 bits per heavy atom. The third-order valence-corrected chi connectivity index (χ3v) is 5.17. The summed E-state index contributed by atoms with van der Waals surface area (Å²) in [5.41, 5.74) is -0.771. The van der Waals surface area contributed by atoms with Crippen LogP contribution in [0.2, 0.25) is 0 Å². The number of esters is 2. The minimum Gasteiger partial charge on any atom is -0.469 e. The fraction of sp³-hybridized carbons (Fsp3) is 0.474. The lowest BCUT2D eigenvalue weighted by molar-refractivity contribution is -0.184. The van der Waals surface area contributed by atoms with Crippen molar-refractivity contribution in [1.82, 2.24) is 0 Å². The molecule has 6 nitrogen and oxygen atoms in total. The second kappa shape index (κ2) is 6.61. The molecule has 2 fully saturated rings. The molecule has 1 heterocycles. The van der Waals surface area contributed by atoms with Gasteiger partial charge in [-0.15, -0.1) is 0 Å². The third kappa shape index (κ3) is 2.85. The van der Waals surface area contributed by atoms with Crippen LogP contribution in [0.4, 0.5) is 0 Å². The van der Waals surface area contributed by atoms with Crippen LogP contribution in [0.5, 0.6) is 0 Å². The number of hydrogen-bond donors (Lipinski definition) is 1. The first kappa shape index (κ1) is 17.6. The monoisotopic (exact) mass is 346 g/mol. The lowest BCUT2D eigenvalue weighted by Gasteiger charge is -2.46. The number of carbonyl (C=O) groups is 2.